The number of furan rings is 1. The van der Waals surface area contributed by atoms with Gasteiger partial charge in [0.25, 0.3) is 0 Å². The number of para-hydroxylation sites is 2. The molecule has 0 spiro atoms. The molecule has 0 fully saturated rings. The number of fused-ring (bicyclic) bond motifs is 7. The van der Waals surface area contributed by atoms with Crippen LogP contribution >= 0.6 is 0 Å². The summed E-state index contributed by atoms with van der Waals surface area (Å²) < 4.78 is 8.43. The Kier molecular flexibility index (Phi) is 5.81. The fourth-order valence-corrected chi connectivity index (χ4v) is 7.00. The first-order valence-electron chi connectivity index (χ1n) is 16.0. The van der Waals surface area contributed by atoms with Crippen LogP contribution in [0, 0.1) is 0 Å². The molecule has 10 rings (SSSR count). The van der Waals surface area contributed by atoms with Gasteiger partial charge in [-0.2, -0.15) is 9.97 Å². The second kappa shape index (κ2) is 10.5. The smallest absolute Gasteiger partial charge is 0.238 e. The first-order chi connectivity index (χ1) is 23.8. The van der Waals surface area contributed by atoms with Gasteiger partial charge in [0.2, 0.25) is 5.95 Å². The van der Waals surface area contributed by atoms with Crippen molar-refractivity contribution in [3.05, 3.63) is 158 Å². The van der Waals surface area contributed by atoms with Crippen LogP contribution in [0.5, 0.6) is 0 Å². The molecule has 10 aromatic rings. The van der Waals surface area contributed by atoms with E-state index in [2.05, 4.69) is 102 Å². The van der Waals surface area contributed by atoms with E-state index in [4.69, 9.17) is 19.4 Å². The third kappa shape index (κ3) is 4.15. The number of benzene rings is 7. The SMILES string of the molecule is c1ccc(-c2nc(-c3cccc4oc5ccccc5c34)nc(-n3c4ccccc4c4ccc(-c5ccc6ccccc6c5)cc43)n2)cc1. The van der Waals surface area contributed by atoms with E-state index in [1.54, 1.807) is 0 Å². The number of hydrogen-bond donors (Lipinski definition) is 0. The van der Waals surface area contributed by atoms with Gasteiger partial charge in [-0.15, -0.1) is 0 Å². The predicted octanol–water partition coefficient (Wildman–Crippen LogP) is 11.0. The zero-order chi connectivity index (χ0) is 31.6. The highest BCUT2D eigenvalue weighted by Crippen LogP contribution is 2.38. The number of nitrogens with zero attached hydrogens (tertiary/aromatic N) is 4. The quantitative estimate of drug-likeness (QED) is 0.198. The fraction of sp³-hybridized carbons (Fsp3) is 0. The predicted molar refractivity (Wildman–Crippen MR) is 195 cm³/mol. The molecule has 0 aliphatic carbocycles. The molecule has 48 heavy (non-hydrogen) atoms. The lowest BCUT2D eigenvalue weighted by molar-refractivity contribution is 0.669. The zero-order valence-electron chi connectivity index (χ0n) is 25.7. The lowest BCUT2D eigenvalue weighted by Gasteiger charge is -2.12. The summed E-state index contributed by atoms with van der Waals surface area (Å²) in [6.07, 6.45) is 0. The summed E-state index contributed by atoms with van der Waals surface area (Å²) in [5.41, 5.74) is 7.81. The first-order valence-corrected chi connectivity index (χ1v) is 16.0. The Morgan fingerprint density at radius 3 is 2.02 bits per heavy atom. The maximum atomic E-state index is 6.25. The summed E-state index contributed by atoms with van der Waals surface area (Å²) in [6, 6.07) is 54.6. The molecule has 0 radical (unpaired) electrons. The van der Waals surface area contributed by atoms with Gasteiger partial charge >= 0.3 is 0 Å². The molecule has 0 aliphatic heterocycles. The Morgan fingerprint density at radius 2 is 1.10 bits per heavy atom. The van der Waals surface area contributed by atoms with E-state index in [1.165, 1.54) is 10.8 Å². The summed E-state index contributed by atoms with van der Waals surface area (Å²) in [5, 5.41) is 6.74. The number of rotatable bonds is 4. The van der Waals surface area contributed by atoms with Crippen molar-refractivity contribution in [2.45, 2.75) is 0 Å². The molecule has 0 atom stereocenters. The lowest BCUT2D eigenvalue weighted by atomic mass is 10.00. The molecule has 5 heteroatoms. The van der Waals surface area contributed by atoms with E-state index in [1.807, 2.05) is 60.7 Å². The van der Waals surface area contributed by atoms with Crippen molar-refractivity contribution in [1.29, 1.82) is 0 Å². The standard InChI is InChI=1S/C43H26N4O/c1-2-12-28(13-3-1)41-44-42(35-17-10-20-39-40(35)34-16-7-9-19-38(34)48-39)46-43(45-41)47-36-18-8-6-15-32(36)33-24-23-31(26-37(33)47)30-22-21-27-11-4-5-14-29(27)25-30/h1-26H. The molecule has 5 nitrogen and oxygen atoms in total. The Morgan fingerprint density at radius 1 is 0.417 bits per heavy atom. The third-order valence-electron chi connectivity index (χ3n) is 9.26. The van der Waals surface area contributed by atoms with Crippen LogP contribution in [0.15, 0.2) is 162 Å². The molecule has 0 saturated carbocycles. The maximum absolute atomic E-state index is 6.25. The highest BCUT2D eigenvalue weighted by Gasteiger charge is 2.20. The minimum absolute atomic E-state index is 0.561. The van der Waals surface area contributed by atoms with E-state index < -0.39 is 0 Å². The van der Waals surface area contributed by atoms with Gasteiger partial charge in [-0.05, 0) is 52.2 Å². The Balaban J connectivity index is 1.26. The zero-order valence-corrected chi connectivity index (χ0v) is 25.7. The summed E-state index contributed by atoms with van der Waals surface area (Å²) >= 11 is 0. The summed E-state index contributed by atoms with van der Waals surface area (Å²) in [7, 11) is 0. The molecule has 7 aromatic carbocycles. The van der Waals surface area contributed by atoms with E-state index in [0.29, 0.717) is 17.6 Å². The van der Waals surface area contributed by atoms with Crippen LogP contribution in [0.25, 0.3) is 94.4 Å². The normalized spacial score (nSPS) is 11.8. The second-order valence-electron chi connectivity index (χ2n) is 12.1. The van der Waals surface area contributed by atoms with Crippen molar-refractivity contribution in [1.82, 2.24) is 19.5 Å². The highest BCUT2D eigenvalue weighted by atomic mass is 16.3. The minimum Gasteiger partial charge on any atom is -0.456 e. The first kappa shape index (κ1) is 26.6. The van der Waals surface area contributed by atoms with Crippen LogP contribution in [0.3, 0.4) is 0 Å². The van der Waals surface area contributed by atoms with Gasteiger partial charge in [-0.25, -0.2) is 4.98 Å². The number of hydrogen-bond acceptors (Lipinski definition) is 4. The Hall–Kier alpha value is -6.59. The van der Waals surface area contributed by atoms with E-state index >= 15 is 0 Å². The summed E-state index contributed by atoms with van der Waals surface area (Å²) in [4.78, 5) is 15.5. The van der Waals surface area contributed by atoms with Gasteiger partial charge in [-0.3, -0.25) is 4.57 Å². The van der Waals surface area contributed by atoms with E-state index in [9.17, 15) is 0 Å². The fourth-order valence-electron chi connectivity index (χ4n) is 7.00. The van der Waals surface area contributed by atoms with Gasteiger partial charge in [0.15, 0.2) is 11.6 Å². The largest absolute Gasteiger partial charge is 0.456 e. The lowest BCUT2D eigenvalue weighted by Crippen LogP contribution is -2.06. The summed E-state index contributed by atoms with van der Waals surface area (Å²) in [5.74, 6) is 1.76. The van der Waals surface area contributed by atoms with Crippen molar-refractivity contribution in [3.63, 3.8) is 0 Å². The van der Waals surface area contributed by atoms with Crippen molar-refractivity contribution in [3.8, 4) is 39.9 Å². The Bertz CT molecular complexity index is 2850. The van der Waals surface area contributed by atoms with Gasteiger partial charge in [0.1, 0.15) is 11.2 Å². The molecule has 0 aliphatic rings. The molecule has 0 amide bonds. The van der Waals surface area contributed by atoms with Gasteiger partial charge in [0.05, 0.1) is 11.0 Å². The minimum atomic E-state index is 0.561. The topological polar surface area (TPSA) is 56.7 Å². The second-order valence-corrected chi connectivity index (χ2v) is 12.1. The van der Waals surface area contributed by atoms with Crippen molar-refractivity contribution >= 4 is 54.5 Å². The van der Waals surface area contributed by atoms with Crippen molar-refractivity contribution < 1.29 is 4.42 Å². The van der Waals surface area contributed by atoms with Gasteiger partial charge < -0.3 is 4.42 Å². The molecule has 0 unspecified atom stereocenters. The maximum Gasteiger partial charge on any atom is 0.238 e. The molecule has 3 aromatic heterocycles. The van der Waals surface area contributed by atoms with Crippen LogP contribution in [-0.2, 0) is 0 Å². The average Bonchev–Trinajstić information content (AvgIpc) is 3.70. The van der Waals surface area contributed by atoms with E-state index in [-0.39, 0.29) is 0 Å². The average molecular weight is 615 g/mol. The molecule has 0 bridgehead atoms. The number of aromatic nitrogens is 4. The van der Waals surface area contributed by atoms with Gasteiger partial charge in [0, 0.05) is 32.7 Å². The van der Waals surface area contributed by atoms with Crippen LogP contribution in [0.2, 0.25) is 0 Å². The molecular formula is C43H26N4O. The molecule has 0 saturated heterocycles. The van der Waals surface area contributed by atoms with Crippen LogP contribution in [0.4, 0.5) is 0 Å². The monoisotopic (exact) mass is 614 g/mol. The molecule has 224 valence electrons. The van der Waals surface area contributed by atoms with Gasteiger partial charge in [-0.1, -0.05) is 127 Å². The molecule has 0 N–H and O–H groups in total. The van der Waals surface area contributed by atoms with E-state index in [0.717, 1.165) is 66.0 Å². The highest BCUT2D eigenvalue weighted by molar-refractivity contribution is 6.12. The third-order valence-corrected chi connectivity index (χ3v) is 9.26. The van der Waals surface area contributed by atoms with Crippen LogP contribution < -0.4 is 0 Å². The molecular weight excluding hydrogens is 589 g/mol. The van der Waals surface area contributed by atoms with Crippen LogP contribution in [-0.4, -0.2) is 19.5 Å². The van der Waals surface area contributed by atoms with Crippen molar-refractivity contribution in [2.75, 3.05) is 0 Å². The summed E-state index contributed by atoms with van der Waals surface area (Å²) in [6.45, 7) is 0. The molecule has 3 heterocycles. The van der Waals surface area contributed by atoms with Crippen LogP contribution in [0.1, 0.15) is 0 Å². The Labute approximate surface area is 275 Å². The van der Waals surface area contributed by atoms with Crippen molar-refractivity contribution in [2.24, 2.45) is 0 Å².